The van der Waals surface area contributed by atoms with Crippen LogP contribution in [0.2, 0.25) is 0 Å². The standard InChI is InChI=1S/C16H22N4O8/c21-7-1-2-9(15(25)26)18-12(23)8-17-14(24)10-3-4-13(28-10)20-6-5-11(22)19-16(20)27/h7,9-10,13H,1-6,8H2,(H,17,24)(H,18,23)(H,25,26)(H,19,22,27)/t9-,10-,13+/m0/s1. The molecule has 5 amide bonds. The molecule has 0 aromatic carbocycles. The van der Waals surface area contributed by atoms with Crippen molar-refractivity contribution < 1.29 is 38.6 Å². The maximum absolute atomic E-state index is 12.2. The van der Waals surface area contributed by atoms with Crippen LogP contribution in [0.4, 0.5) is 4.79 Å². The molecule has 0 aromatic heterocycles. The van der Waals surface area contributed by atoms with Crippen LogP contribution >= 0.6 is 0 Å². The first-order chi connectivity index (χ1) is 13.3. The fourth-order valence-electron chi connectivity index (χ4n) is 2.91. The third-order valence-corrected chi connectivity index (χ3v) is 4.35. The van der Waals surface area contributed by atoms with Crippen LogP contribution in [0.5, 0.6) is 0 Å². The van der Waals surface area contributed by atoms with Crippen molar-refractivity contribution in [3.05, 3.63) is 0 Å². The highest BCUT2D eigenvalue weighted by atomic mass is 16.5. The Morgan fingerprint density at radius 3 is 2.71 bits per heavy atom. The van der Waals surface area contributed by atoms with Crippen molar-refractivity contribution in [2.24, 2.45) is 0 Å². The van der Waals surface area contributed by atoms with Gasteiger partial charge in [-0.3, -0.25) is 24.6 Å². The Morgan fingerprint density at radius 2 is 2.07 bits per heavy atom. The van der Waals surface area contributed by atoms with E-state index in [1.54, 1.807) is 0 Å². The molecule has 2 rings (SSSR count). The second-order valence-electron chi connectivity index (χ2n) is 6.37. The third-order valence-electron chi connectivity index (χ3n) is 4.35. The minimum Gasteiger partial charge on any atom is -0.480 e. The Kier molecular flexibility index (Phi) is 7.44. The van der Waals surface area contributed by atoms with E-state index in [-0.39, 0.29) is 31.7 Å². The van der Waals surface area contributed by atoms with E-state index in [1.807, 2.05) is 0 Å². The summed E-state index contributed by atoms with van der Waals surface area (Å²) >= 11 is 0. The molecule has 4 N–H and O–H groups in total. The summed E-state index contributed by atoms with van der Waals surface area (Å²) in [7, 11) is 0. The zero-order valence-electron chi connectivity index (χ0n) is 15.0. The Labute approximate surface area is 159 Å². The summed E-state index contributed by atoms with van der Waals surface area (Å²) in [5.41, 5.74) is 0. The molecule has 2 heterocycles. The van der Waals surface area contributed by atoms with Gasteiger partial charge in [0.25, 0.3) is 0 Å². The number of urea groups is 1. The number of nitrogens with zero attached hydrogens (tertiary/aromatic N) is 1. The van der Waals surface area contributed by atoms with Gasteiger partial charge in [0.15, 0.2) is 0 Å². The molecule has 28 heavy (non-hydrogen) atoms. The highest BCUT2D eigenvalue weighted by molar-refractivity contribution is 5.96. The SMILES string of the molecule is O=CCC[C@H](NC(=O)CNC(=O)[C@@H]1CC[C@H](N2CCC(=O)NC2=O)O1)C(=O)O. The fraction of sp³-hybridized carbons (Fsp3) is 0.625. The second kappa shape index (κ2) is 9.78. The van der Waals surface area contributed by atoms with Crippen LogP contribution in [0.25, 0.3) is 0 Å². The zero-order chi connectivity index (χ0) is 20.7. The normalized spacial score (nSPS) is 22.9. The first-order valence-electron chi connectivity index (χ1n) is 8.81. The lowest BCUT2D eigenvalue weighted by atomic mass is 10.1. The highest BCUT2D eigenvalue weighted by Gasteiger charge is 2.38. The molecular weight excluding hydrogens is 376 g/mol. The van der Waals surface area contributed by atoms with Crippen molar-refractivity contribution in [2.45, 2.75) is 50.5 Å². The summed E-state index contributed by atoms with van der Waals surface area (Å²) < 4.78 is 5.55. The van der Waals surface area contributed by atoms with E-state index in [0.29, 0.717) is 19.1 Å². The number of rotatable bonds is 9. The number of ether oxygens (including phenoxy) is 1. The van der Waals surface area contributed by atoms with Crippen molar-refractivity contribution in [3.63, 3.8) is 0 Å². The molecule has 0 saturated carbocycles. The third kappa shape index (κ3) is 5.74. The predicted octanol–water partition coefficient (Wildman–Crippen LogP) is -1.90. The van der Waals surface area contributed by atoms with Crippen LogP contribution in [0, 0.1) is 0 Å². The molecule has 2 aliphatic rings. The fourth-order valence-corrected chi connectivity index (χ4v) is 2.91. The van der Waals surface area contributed by atoms with Gasteiger partial charge >= 0.3 is 12.0 Å². The summed E-state index contributed by atoms with van der Waals surface area (Å²) in [4.78, 5) is 69.6. The summed E-state index contributed by atoms with van der Waals surface area (Å²) in [5, 5.41) is 15.7. The van der Waals surface area contributed by atoms with Gasteiger partial charge in [0, 0.05) is 19.4 Å². The first kappa shape index (κ1) is 21.3. The molecule has 2 aliphatic heterocycles. The second-order valence-corrected chi connectivity index (χ2v) is 6.37. The monoisotopic (exact) mass is 398 g/mol. The Balaban J connectivity index is 1.76. The molecule has 12 nitrogen and oxygen atoms in total. The molecule has 3 atom stereocenters. The molecule has 2 saturated heterocycles. The number of carbonyl (C=O) groups excluding carboxylic acids is 5. The van der Waals surface area contributed by atoms with E-state index in [2.05, 4.69) is 16.0 Å². The van der Waals surface area contributed by atoms with E-state index >= 15 is 0 Å². The van der Waals surface area contributed by atoms with Gasteiger partial charge in [-0.05, 0) is 19.3 Å². The van der Waals surface area contributed by atoms with Gasteiger partial charge in [-0.15, -0.1) is 0 Å². The van der Waals surface area contributed by atoms with Crippen molar-refractivity contribution in [3.8, 4) is 0 Å². The number of carbonyl (C=O) groups is 6. The van der Waals surface area contributed by atoms with Crippen LogP contribution in [0.3, 0.4) is 0 Å². The van der Waals surface area contributed by atoms with E-state index in [1.165, 1.54) is 4.90 Å². The topological polar surface area (TPSA) is 171 Å². The van der Waals surface area contributed by atoms with Crippen molar-refractivity contribution >= 4 is 36.0 Å². The molecule has 0 bridgehead atoms. The number of aldehydes is 1. The largest absolute Gasteiger partial charge is 0.480 e. The molecule has 154 valence electrons. The lowest BCUT2D eigenvalue weighted by molar-refractivity contribution is -0.142. The highest BCUT2D eigenvalue weighted by Crippen LogP contribution is 2.24. The van der Waals surface area contributed by atoms with Crippen LogP contribution in [-0.2, 0) is 28.7 Å². The van der Waals surface area contributed by atoms with Crippen molar-refractivity contribution in [1.29, 1.82) is 0 Å². The van der Waals surface area contributed by atoms with Gasteiger partial charge in [0.2, 0.25) is 17.7 Å². The predicted molar refractivity (Wildman–Crippen MR) is 90.6 cm³/mol. The van der Waals surface area contributed by atoms with E-state index < -0.39 is 48.7 Å². The maximum Gasteiger partial charge on any atom is 0.326 e. The quantitative estimate of drug-likeness (QED) is 0.326. The number of nitrogens with one attached hydrogen (secondary N) is 3. The van der Waals surface area contributed by atoms with Gasteiger partial charge in [0.05, 0.1) is 6.54 Å². The number of amides is 5. The van der Waals surface area contributed by atoms with Crippen LogP contribution in [0.1, 0.15) is 32.1 Å². The van der Waals surface area contributed by atoms with Gasteiger partial charge in [-0.1, -0.05) is 0 Å². The molecule has 0 aliphatic carbocycles. The average Bonchev–Trinajstić information content (AvgIpc) is 3.12. The number of hydrogen-bond acceptors (Lipinski definition) is 7. The van der Waals surface area contributed by atoms with Crippen LogP contribution in [0.15, 0.2) is 0 Å². The average molecular weight is 398 g/mol. The number of carboxylic acids is 1. The zero-order valence-corrected chi connectivity index (χ0v) is 15.0. The van der Waals surface area contributed by atoms with Gasteiger partial charge in [0.1, 0.15) is 24.7 Å². The Bertz CT molecular complexity index is 667. The first-order valence-corrected chi connectivity index (χ1v) is 8.81. The minimum absolute atomic E-state index is 0.0173. The minimum atomic E-state index is -1.28. The van der Waals surface area contributed by atoms with E-state index in [0.717, 1.165) is 0 Å². The molecule has 0 spiro atoms. The van der Waals surface area contributed by atoms with E-state index in [4.69, 9.17) is 9.84 Å². The Hall–Kier alpha value is -3.02. The number of hydrogen-bond donors (Lipinski definition) is 4. The lowest BCUT2D eigenvalue weighted by Crippen LogP contribution is -2.53. The van der Waals surface area contributed by atoms with Gasteiger partial charge in [-0.25, -0.2) is 9.59 Å². The van der Waals surface area contributed by atoms with Gasteiger partial charge < -0.3 is 25.3 Å². The lowest BCUT2D eigenvalue weighted by Gasteiger charge is -2.31. The smallest absolute Gasteiger partial charge is 0.326 e. The summed E-state index contributed by atoms with van der Waals surface area (Å²) in [6, 6.07) is -1.79. The molecular formula is C16H22N4O8. The maximum atomic E-state index is 12.2. The molecule has 0 unspecified atom stereocenters. The molecule has 2 fully saturated rings. The van der Waals surface area contributed by atoms with Crippen LogP contribution in [-0.4, -0.2) is 77.5 Å². The summed E-state index contributed by atoms with van der Waals surface area (Å²) in [6.45, 7) is -0.254. The van der Waals surface area contributed by atoms with Gasteiger partial charge in [-0.2, -0.15) is 0 Å². The number of carboxylic acid groups (broad SMARTS) is 1. The van der Waals surface area contributed by atoms with Crippen molar-refractivity contribution in [1.82, 2.24) is 20.9 Å². The molecule has 12 heteroatoms. The summed E-state index contributed by atoms with van der Waals surface area (Å²) in [5.74, 6) is -2.92. The molecule has 0 aromatic rings. The van der Waals surface area contributed by atoms with E-state index in [9.17, 15) is 28.8 Å². The summed E-state index contributed by atoms with van der Waals surface area (Å²) in [6.07, 6.45) is -0.145. The number of imide groups is 1. The Morgan fingerprint density at radius 1 is 1.32 bits per heavy atom. The van der Waals surface area contributed by atoms with Crippen molar-refractivity contribution in [2.75, 3.05) is 13.1 Å². The molecule has 0 radical (unpaired) electrons. The van der Waals surface area contributed by atoms with Crippen LogP contribution < -0.4 is 16.0 Å². The number of aliphatic carboxylic acids is 1.